The third-order valence-corrected chi connectivity index (χ3v) is 6.64. The molecule has 0 radical (unpaired) electrons. The standard InChI is InChI=1S/C30H27N5O/c1-20-6-7-21(2)24(13-20)18-35-29-15-22(25-16-32-34(3)17-25)8-10-28(29)33-30(35)19-36-26-9-11-27-23(14-26)5-4-12-31-27/h4-17H,18-19H2,1-3H3. The van der Waals surface area contributed by atoms with E-state index in [0.717, 1.165) is 51.2 Å². The summed E-state index contributed by atoms with van der Waals surface area (Å²) in [6.45, 7) is 5.39. The molecule has 0 N–H and O–H groups in total. The second-order valence-corrected chi connectivity index (χ2v) is 9.30. The monoisotopic (exact) mass is 473 g/mol. The molecular weight excluding hydrogens is 446 g/mol. The van der Waals surface area contributed by atoms with Crippen molar-refractivity contribution in [3.63, 3.8) is 0 Å². The number of imidazole rings is 1. The second kappa shape index (κ2) is 8.96. The Balaban J connectivity index is 1.40. The predicted octanol–water partition coefficient (Wildman–Crippen LogP) is 6.23. The first-order valence-electron chi connectivity index (χ1n) is 12.1. The van der Waals surface area contributed by atoms with Gasteiger partial charge in [0.15, 0.2) is 0 Å². The topological polar surface area (TPSA) is 57.8 Å². The van der Waals surface area contributed by atoms with Crippen LogP contribution in [0.5, 0.6) is 5.75 Å². The number of fused-ring (bicyclic) bond motifs is 2. The third-order valence-electron chi connectivity index (χ3n) is 6.64. The summed E-state index contributed by atoms with van der Waals surface area (Å²) in [6, 6.07) is 23.0. The first-order chi connectivity index (χ1) is 17.5. The summed E-state index contributed by atoms with van der Waals surface area (Å²) in [5.41, 5.74) is 8.98. The molecule has 0 aliphatic rings. The largest absolute Gasteiger partial charge is 0.486 e. The maximum absolute atomic E-state index is 6.26. The van der Waals surface area contributed by atoms with E-state index in [1.165, 1.54) is 16.7 Å². The molecule has 6 heteroatoms. The molecule has 178 valence electrons. The Kier molecular flexibility index (Phi) is 5.49. The SMILES string of the molecule is Cc1ccc(C)c(Cn2c(COc3ccc4ncccc4c3)nc3ccc(-c4cnn(C)c4)cc32)c1. The molecule has 0 unspecified atom stereocenters. The highest BCUT2D eigenvalue weighted by Crippen LogP contribution is 2.27. The number of nitrogens with zero attached hydrogens (tertiary/aromatic N) is 5. The van der Waals surface area contributed by atoms with Crippen molar-refractivity contribution in [1.82, 2.24) is 24.3 Å². The summed E-state index contributed by atoms with van der Waals surface area (Å²) in [4.78, 5) is 9.39. The van der Waals surface area contributed by atoms with E-state index in [-0.39, 0.29) is 0 Å². The molecule has 0 saturated heterocycles. The number of pyridine rings is 1. The van der Waals surface area contributed by atoms with E-state index in [1.807, 2.05) is 54.5 Å². The number of aryl methyl sites for hydroxylation is 3. The molecule has 0 saturated carbocycles. The van der Waals surface area contributed by atoms with E-state index in [9.17, 15) is 0 Å². The smallest absolute Gasteiger partial charge is 0.148 e. The summed E-state index contributed by atoms with van der Waals surface area (Å²) in [7, 11) is 1.94. The highest BCUT2D eigenvalue weighted by Gasteiger charge is 2.15. The van der Waals surface area contributed by atoms with Gasteiger partial charge in [0.25, 0.3) is 0 Å². The number of aromatic nitrogens is 5. The molecule has 36 heavy (non-hydrogen) atoms. The van der Waals surface area contributed by atoms with Crippen molar-refractivity contribution >= 4 is 21.9 Å². The second-order valence-electron chi connectivity index (χ2n) is 9.30. The van der Waals surface area contributed by atoms with Gasteiger partial charge < -0.3 is 9.30 Å². The lowest BCUT2D eigenvalue weighted by Gasteiger charge is -2.14. The van der Waals surface area contributed by atoms with Crippen LogP contribution in [-0.4, -0.2) is 24.3 Å². The van der Waals surface area contributed by atoms with Gasteiger partial charge in [0.1, 0.15) is 18.2 Å². The van der Waals surface area contributed by atoms with Gasteiger partial charge in [0.2, 0.25) is 0 Å². The van der Waals surface area contributed by atoms with Crippen LogP contribution in [0, 0.1) is 13.8 Å². The van der Waals surface area contributed by atoms with E-state index in [1.54, 1.807) is 6.20 Å². The highest BCUT2D eigenvalue weighted by atomic mass is 16.5. The van der Waals surface area contributed by atoms with Crippen LogP contribution >= 0.6 is 0 Å². The Morgan fingerprint density at radius 3 is 2.64 bits per heavy atom. The number of rotatable bonds is 6. The zero-order chi connectivity index (χ0) is 24.6. The number of ether oxygens (including phenoxy) is 1. The molecule has 6 nitrogen and oxygen atoms in total. The molecular formula is C30H27N5O. The predicted molar refractivity (Wildman–Crippen MR) is 143 cm³/mol. The quantitative estimate of drug-likeness (QED) is 0.288. The van der Waals surface area contributed by atoms with Crippen molar-refractivity contribution in [3.8, 4) is 16.9 Å². The van der Waals surface area contributed by atoms with Gasteiger partial charge in [-0.15, -0.1) is 0 Å². The molecule has 0 fully saturated rings. The average Bonchev–Trinajstić information content (AvgIpc) is 3.48. The maximum atomic E-state index is 6.26. The zero-order valence-electron chi connectivity index (χ0n) is 20.6. The average molecular weight is 474 g/mol. The Bertz CT molecular complexity index is 1710. The summed E-state index contributed by atoms with van der Waals surface area (Å²) in [5.74, 6) is 1.69. The molecule has 3 aromatic carbocycles. The third kappa shape index (κ3) is 4.22. The zero-order valence-corrected chi connectivity index (χ0v) is 20.6. The van der Waals surface area contributed by atoms with Crippen LogP contribution in [0.1, 0.15) is 22.5 Å². The Hall–Kier alpha value is -4.45. The van der Waals surface area contributed by atoms with E-state index in [0.29, 0.717) is 6.61 Å². The van der Waals surface area contributed by atoms with Crippen LogP contribution in [0.4, 0.5) is 0 Å². The molecule has 0 atom stereocenters. The van der Waals surface area contributed by atoms with Crippen molar-refractivity contribution in [1.29, 1.82) is 0 Å². The maximum Gasteiger partial charge on any atom is 0.148 e. The Morgan fingerprint density at radius 2 is 1.78 bits per heavy atom. The highest BCUT2D eigenvalue weighted by molar-refractivity contribution is 5.83. The van der Waals surface area contributed by atoms with Crippen LogP contribution in [-0.2, 0) is 20.2 Å². The molecule has 0 amide bonds. The summed E-state index contributed by atoms with van der Waals surface area (Å²) >= 11 is 0. The van der Waals surface area contributed by atoms with Gasteiger partial charge in [-0.2, -0.15) is 5.10 Å². The minimum Gasteiger partial charge on any atom is -0.486 e. The van der Waals surface area contributed by atoms with Crippen molar-refractivity contribution in [2.24, 2.45) is 7.05 Å². The van der Waals surface area contributed by atoms with Crippen LogP contribution in [0.3, 0.4) is 0 Å². The number of benzene rings is 3. The molecule has 0 bridgehead atoms. The van der Waals surface area contributed by atoms with Crippen molar-refractivity contribution in [2.75, 3.05) is 0 Å². The van der Waals surface area contributed by atoms with Crippen molar-refractivity contribution in [3.05, 3.63) is 108 Å². The van der Waals surface area contributed by atoms with E-state index >= 15 is 0 Å². The van der Waals surface area contributed by atoms with Crippen molar-refractivity contribution < 1.29 is 4.74 Å². The molecule has 0 spiro atoms. The van der Waals surface area contributed by atoms with Gasteiger partial charge in [-0.25, -0.2) is 4.98 Å². The molecule has 3 aromatic heterocycles. The normalized spacial score (nSPS) is 11.4. The fourth-order valence-electron chi connectivity index (χ4n) is 4.64. The first-order valence-corrected chi connectivity index (χ1v) is 12.1. The number of hydrogen-bond donors (Lipinski definition) is 0. The minimum absolute atomic E-state index is 0.369. The van der Waals surface area contributed by atoms with Crippen LogP contribution < -0.4 is 4.74 Å². The Labute approximate surface area is 209 Å². The van der Waals surface area contributed by atoms with E-state index < -0.39 is 0 Å². The van der Waals surface area contributed by atoms with Gasteiger partial charge in [0, 0.05) is 36.9 Å². The lowest BCUT2D eigenvalue weighted by atomic mass is 10.1. The fraction of sp³-hybridized carbons (Fsp3) is 0.167. The summed E-state index contributed by atoms with van der Waals surface area (Å²) in [6.07, 6.45) is 5.73. The van der Waals surface area contributed by atoms with Crippen molar-refractivity contribution in [2.45, 2.75) is 27.0 Å². The fourth-order valence-corrected chi connectivity index (χ4v) is 4.64. The van der Waals surface area contributed by atoms with Crippen LogP contribution in [0.25, 0.3) is 33.1 Å². The molecule has 6 aromatic rings. The van der Waals surface area contributed by atoms with Gasteiger partial charge >= 0.3 is 0 Å². The lowest BCUT2D eigenvalue weighted by Crippen LogP contribution is -2.09. The molecule has 0 aliphatic heterocycles. The lowest BCUT2D eigenvalue weighted by molar-refractivity contribution is 0.291. The van der Waals surface area contributed by atoms with E-state index in [4.69, 9.17) is 9.72 Å². The Morgan fingerprint density at radius 1 is 0.889 bits per heavy atom. The molecule has 6 rings (SSSR count). The number of hydrogen-bond acceptors (Lipinski definition) is 4. The van der Waals surface area contributed by atoms with Gasteiger partial charge in [-0.1, -0.05) is 35.9 Å². The molecule has 0 aliphatic carbocycles. The van der Waals surface area contributed by atoms with Crippen LogP contribution in [0.2, 0.25) is 0 Å². The summed E-state index contributed by atoms with van der Waals surface area (Å²) < 4.78 is 10.4. The van der Waals surface area contributed by atoms with Gasteiger partial charge in [-0.05, 0) is 66.9 Å². The molecule has 3 heterocycles. The van der Waals surface area contributed by atoms with Gasteiger partial charge in [-0.3, -0.25) is 9.67 Å². The van der Waals surface area contributed by atoms with Crippen LogP contribution in [0.15, 0.2) is 85.3 Å². The summed E-state index contributed by atoms with van der Waals surface area (Å²) in [5, 5.41) is 5.40. The minimum atomic E-state index is 0.369. The van der Waals surface area contributed by atoms with E-state index in [2.05, 4.69) is 64.9 Å². The first kappa shape index (κ1) is 22.0. The van der Waals surface area contributed by atoms with Gasteiger partial charge in [0.05, 0.1) is 22.7 Å².